The van der Waals surface area contributed by atoms with Crippen molar-refractivity contribution >= 4 is 28.3 Å². The van der Waals surface area contributed by atoms with Gasteiger partial charge in [-0.25, -0.2) is 4.39 Å². The molecule has 0 aliphatic heterocycles. The Labute approximate surface area is 98.2 Å². The summed E-state index contributed by atoms with van der Waals surface area (Å²) in [6.45, 7) is 4.30. The lowest BCUT2D eigenvalue weighted by atomic mass is 10.1. The largest absolute Gasteiger partial charge is 0.381 e. The maximum absolute atomic E-state index is 12.8. The molecule has 0 unspecified atom stereocenters. The van der Waals surface area contributed by atoms with E-state index in [1.807, 2.05) is 0 Å². The number of anilines is 1. The minimum absolute atomic E-state index is 0.176. The van der Waals surface area contributed by atoms with Crippen LogP contribution in [0.25, 0.3) is 0 Å². The number of halogens is 2. The molecule has 0 saturated heterocycles. The van der Waals surface area contributed by atoms with Crippen LogP contribution in [-0.4, -0.2) is 6.04 Å². The fourth-order valence-electron chi connectivity index (χ4n) is 1.32. The average molecular weight is 307 g/mol. The molecule has 1 rings (SSSR count). The van der Waals surface area contributed by atoms with Crippen molar-refractivity contribution in [3.8, 4) is 0 Å². The lowest BCUT2D eigenvalue weighted by Crippen LogP contribution is -2.17. The first-order valence-corrected chi connectivity index (χ1v) is 5.96. The second-order valence-corrected chi connectivity index (χ2v) is 4.44. The molecule has 0 aromatic heterocycles. The van der Waals surface area contributed by atoms with Gasteiger partial charge in [-0.15, -0.1) is 0 Å². The van der Waals surface area contributed by atoms with E-state index in [1.165, 1.54) is 6.07 Å². The van der Waals surface area contributed by atoms with Crippen LogP contribution < -0.4 is 5.32 Å². The summed E-state index contributed by atoms with van der Waals surface area (Å²) >= 11 is 2.15. The van der Waals surface area contributed by atoms with Crippen molar-refractivity contribution in [2.45, 2.75) is 32.7 Å². The van der Waals surface area contributed by atoms with E-state index in [0.717, 1.165) is 22.1 Å². The standard InChI is InChI=1S/C11H15FIN/c1-3-9(4-2)14-11-6-5-8(12)7-10(11)13/h5-7,9,14H,3-4H2,1-2H3. The van der Waals surface area contributed by atoms with Crippen LogP contribution in [0, 0.1) is 9.39 Å². The SMILES string of the molecule is CCC(CC)Nc1ccc(F)cc1I. The van der Waals surface area contributed by atoms with Crippen molar-refractivity contribution in [1.82, 2.24) is 0 Å². The van der Waals surface area contributed by atoms with E-state index in [0.29, 0.717) is 6.04 Å². The Morgan fingerprint density at radius 3 is 2.50 bits per heavy atom. The first-order chi connectivity index (χ1) is 6.67. The third-order valence-corrected chi connectivity index (χ3v) is 3.17. The summed E-state index contributed by atoms with van der Waals surface area (Å²) < 4.78 is 13.8. The predicted molar refractivity (Wildman–Crippen MR) is 67.1 cm³/mol. The average Bonchev–Trinajstić information content (AvgIpc) is 2.17. The van der Waals surface area contributed by atoms with Crippen LogP contribution in [0.1, 0.15) is 26.7 Å². The quantitative estimate of drug-likeness (QED) is 0.828. The Balaban J connectivity index is 2.76. The summed E-state index contributed by atoms with van der Waals surface area (Å²) in [5, 5.41) is 3.40. The fourth-order valence-corrected chi connectivity index (χ4v) is 1.95. The van der Waals surface area contributed by atoms with Gasteiger partial charge in [-0.2, -0.15) is 0 Å². The van der Waals surface area contributed by atoms with Crippen LogP contribution >= 0.6 is 22.6 Å². The van der Waals surface area contributed by atoms with Crippen molar-refractivity contribution in [3.05, 3.63) is 27.6 Å². The molecule has 1 N–H and O–H groups in total. The number of hydrogen-bond donors (Lipinski definition) is 1. The van der Waals surface area contributed by atoms with Crippen LogP contribution in [0.4, 0.5) is 10.1 Å². The summed E-state index contributed by atoms with van der Waals surface area (Å²) in [5.41, 5.74) is 1.03. The van der Waals surface area contributed by atoms with Gasteiger partial charge in [-0.1, -0.05) is 13.8 Å². The van der Waals surface area contributed by atoms with Gasteiger partial charge in [0.25, 0.3) is 0 Å². The Hall–Kier alpha value is -0.320. The van der Waals surface area contributed by atoms with E-state index in [-0.39, 0.29) is 5.82 Å². The van der Waals surface area contributed by atoms with Gasteiger partial charge in [-0.3, -0.25) is 0 Å². The first-order valence-electron chi connectivity index (χ1n) is 4.89. The normalized spacial score (nSPS) is 10.6. The van der Waals surface area contributed by atoms with Gasteiger partial charge in [0, 0.05) is 15.3 Å². The van der Waals surface area contributed by atoms with E-state index in [4.69, 9.17) is 0 Å². The van der Waals surface area contributed by atoms with Crippen molar-refractivity contribution in [2.24, 2.45) is 0 Å². The molecular formula is C11H15FIN. The van der Waals surface area contributed by atoms with Gasteiger partial charge in [0.15, 0.2) is 0 Å². The molecule has 78 valence electrons. The second kappa shape index (κ2) is 5.53. The number of hydrogen-bond acceptors (Lipinski definition) is 1. The summed E-state index contributed by atoms with van der Waals surface area (Å²) in [7, 11) is 0. The molecule has 3 heteroatoms. The van der Waals surface area contributed by atoms with Crippen LogP contribution in [0.3, 0.4) is 0 Å². The molecule has 0 aliphatic rings. The maximum Gasteiger partial charge on any atom is 0.124 e. The van der Waals surface area contributed by atoms with E-state index < -0.39 is 0 Å². The number of nitrogens with one attached hydrogen (secondary N) is 1. The van der Waals surface area contributed by atoms with Gasteiger partial charge in [0.05, 0.1) is 0 Å². The molecule has 14 heavy (non-hydrogen) atoms. The highest BCUT2D eigenvalue weighted by Crippen LogP contribution is 2.20. The van der Waals surface area contributed by atoms with Gasteiger partial charge in [0.2, 0.25) is 0 Å². The molecule has 0 bridgehead atoms. The van der Waals surface area contributed by atoms with Gasteiger partial charge < -0.3 is 5.32 Å². The highest BCUT2D eigenvalue weighted by atomic mass is 127. The topological polar surface area (TPSA) is 12.0 Å². The molecule has 0 heterocycles. The van der Waals surface area contributed by atoms with Gasteiger partial charge >= 0.3 is 0 Å². The van der Waals surface area contributed by atoms with E-state index >= 15 is 0 Å². The minimum atomic E-state index is -0.176. The van der Waals surface area contributed by atoms with Crippen LogP contribution in [0.2, 0.25) is 0 Å². The fraction of sp³-hybridized carbons (Fsp3) is 0.455. The third-order valence-electron chi connectivity index (χ3n) is 2.28. The molecule has 1 aromatic rings. The second-order valence-electron chi connectivity index (χ2n) is 3.28. The van der Waals surface area contributed by atoms with Gasteiger partial charge in [0.1, 0.15) is 5.82 Å². The molecule has 0 radical (unpaired) electrons. The van der Waals surface area contributed by atoms with Crippen molar-refractivity contribution in [1.29, 1.82) is 0 Å². The molecule has 0 aliphatic carbocycles. The minimum Gasteiger partial charge on any atom is -0.381 e. The van der Waals surface area contributed by atoms with Gasteiger partial charge in [-0.05, 0) is 53.6 Å². The van der Waals surface area contributed by atoms with E-state index in [2.05, 4.69) is 41.8 Å². The van der Waals surface area contributed by atoms with Crippen molar-refractivity contribution in [3.63, 3.8) is 0 Å². The zero-order valence-corrected chi connectivity index (χ0v) is 10.6. The molecule has 1 aromatic carbocycles. The lowest BCUT2D eigenvalue weighted by Gasteiger charge is -2.17. The first kappa shape index (κ1) is 11.8. The van der Waals surface area contributed by atoms with Crippen molar-refractivity contribution < 1.29 is 4.39 Å². The molecule has 0 saturated carbocycles. The zero-order valence-electron chi connectivity index (χ0n) is 8.48. The highest BCUT2D eigenvalue weighted by molar-refractivity contribution is 14.1. The summed E-state index contributed by atoms with van der Waals surface area (Å²) in [5.74, 6) is -0.176. The lowest BCUT2D eigenvalue weighted by molar-refractivity contribution is 0.626. The molecule has 0 atom stereocenters. The Bertz CT molecular complexity index is 297. The van der Waals surface area contributed by atoms with E-state index in [1.54, 1.807) is 12.1 Å². The molecule has 0 fully saturated rings. The maximum atomic E-state index is 12.8. The molecule has 0 spiro atoms. The Morgan fingerprint density at radius 2 is 2.00 bits per heavy atom. The zero-order chi connectivity index (χ0) is 10.6. The van der Waals surface area contributed by atoms with Crippen LogP contribution in [0.15, 0.2) is 18.2 Å². The van der Waals surface area contributed by atoms with Crippen molar-refractivity contribution in [2.75, 3.05) is 5.32 Å². The highest BCUT2D eigenvalue weighted by Gasteiger charge is 2.06. The van der Waals surface area contributed by atoms with Crippen LogP contribution in [0.5, 0.6) is 0 Å². The molecular weight excluding hydrogens is 292 g/mol. The van der Waals surface area contributed by atoms with Crippen LogP contribution in [-0.2, 0) is 0 Å². The number of benzene rings is 1. The summed E-state index contributed by atoms with van der Waals surface area (Å²) in [6, 6.07) is 5.32. The van der Waals surface area contributed by atoms with E-state index in [9.17, 15) is 4.39 Å². The molecule has 1 nitrogen and oxygen atoms in total. The summed E-state index contributed by atoms with van der Waals surface area (Å²) in [4.78, 5) is 0. The third kappa shape index (κ3) is 3.12. The monoisotopic (exact) mass is 307 g/mol. The Morgan fingerprint density at radius 1 is 1.36 bits per heavy atom. The summed E-state index contributed by atoms with van der Waals surface area (Å²) in [6.07, 6.45) is 2.17. The predicted octanol–water partition coefficient (Wildman–Crippen LogP) is 4.03. The number of rotatable bonds is 4. The molecule has 0 amide bonds. The Kier molecular flexibility index (Phi) is 4.65. The smallest absolute Gasteiger partial charge is 0.124 e.